The number of likely N-dealkylation sites (tertiary alicyclic amines) is 1. The van der Waals surface area contributed by atoms with Crippen LogP contribution in [0.25, 0.3) is 0 Å². The van der Waals surface area contributed by atoms with Crippen LogP contribution in [0.3, 0.4) is 0 Å². The number of nitrogens with two attached hydrogens (primary N) is 1. The summed E-state index contributed by atoms with van der Waals surface area (Å²) in [7, 11) is 1.31. The molecule has 0 saturated carbocycles. The molecule has 0 aliphatic carbocycles. The van der Waals surface area contributed by atoms with Crippen molar-refractivity contribution >= 4 is 11.8 Å². The molecule has 214 valence electrons. The molecule has 1 saturated heterocycles. The molecule has 0 aromatic heterocycles. The van der Waals surface area contributed by atoms with Gasteiger partial charge < -0.3 is 10.6 Å². The fourth-order valence-electron chi connectivity index (χ4n) is 5.03. The van der Waals surface area contributed by atoms with Crippen LogP contribution in [0.4, 0.5) is 30.7 Å². The molecule has 1 fully saturated rings. The van der Waals surface area contributed by atoms with Crippen molar-refractivity contribution in [2.24, 2.45) is 11.7 Å². The average Bonchev–Trinajstić information content (AvgIpc) is 2.81. The highest BCUT2D eigenvalue weighted by Gasteiger charge is 2.43. The molecule has 1 aliphatic heterocycles. The van der Waals surface area contributed by atoms with Crippen molar-refractivity contribution in [1.82, 2.24) is 9.80 Å². The van der Waals surface area contributed by atoms with Gasteiger partial charge in [-0.2, -0.15) is 26.3 Å². The lowest BCUT2D eigenvalue weighted by Crippen LogP contribution is -2.58. The smallest absolute Gasteiger partial charge is 0.368 e. The highest BCUT2D eigenvalue weighted by atomic mass is 19.4. The Kier molecular flexibility index (Phi) is 8.40. The number of primary amides is 1. The van der Waals surface area contributed by atoms with Gasteiger partial charge in [-0.25, -0.2) is 4.39 Å². The first-order valence-electron chi connectivity index (χ1n) is 12.2. The molecule has 3 rings (SSSR count). The molecule has 0 radical (unpaired) electrons. The van der Waals surface area contributed by atoms with E-state index in [0.29, 0.717) is 29.8 Å². The van der Waals surface area contributed by atoms with Crippen molar-refractivity contribution in [3.05, 3.63) is 70.0 Å². The van der Waals surface area contributed by atoms with Gasteiger partial charge in [0.15, 0.2) is 0 Å². The molecule has 0 spiro atoms. The van der Waals surface area contributed by atoms with Crippen LogP contribution in [-0.2, 0) is 28.5 Å². The van der Waals surface area contributed by atoms with E-state index in [0.717, 1.165) is 4.90 Å². The van der Waals surface area contributed by atoms with Gasteiger partial charge in [-0.3, -0.25) is 14.5 Å². The van der Waals surface area contributed by atoms with Crippen LogP contribution >= 0.6 is 0 Å². The van der Waals surface area contributed by atoms with Crippen molar-refractivity contribution in [2.75, 3.05) is 20.1 Å². The summed E-state index contributed by atoms with van der Waals surface area (Å²) in [5.41, 5.74) is 2.48. The van der Waals surface area contributed by atoms with Gasteiger partial charge in [-0.1, -0.05) is 6.07 Å². The Balaban J connectivity index is 1.95. The maximum absolute atomic E-state index is 13.8. The molecular weight excluding hydrogens is 531 g/mol. The topological polar surface area (TPSA) is 66.6 Å². The van der Waals surface area contributed by atoms with E-state index in [1.165, 1.54) is 19.2 Å². The van der Waals surface area contributed by atoms with Gasteiger partial charge in [0.05, 0.1) is 16.7 Å². The summed E-state index contributed by atoms with van der Waals surface area (Å²) < 4.78 is 93.7. The van der Waals surface area contributed by atoms with Crippen LogP contribution in [0, 0.1) is 18.7 Å². The number of piperidine rings is 1. The van der Waals surface area contributed by atoms with Crippen molar-refractivity contribution in [1.29, 1.82) is 0 Å². The number of aryl methyl sites for hydroxylation is 1. The summed E-state index contributed by atoms with van der Waals surface area (Å²) in [6.45, 7) is 4.96. The summed E-state index contributed by atoms with van der Waals surface area (Å²) in [5.74, 6) is -2.83. The van der Waals surface area contributed by atoms with Gasteiger partial charge in [0, 0.05) is 32.0 Å². The van der Waals surface area contributed by atoms with Crippen molar-refractivity contribution in [2.45, 2.75) is 57.5 Å². The third kappa shape index (κ3) is 6.71. The number of carbonyl (C=O) groups excluding carboxylic acids is 2. The molecule has 0 unspecified atom stereocenters. The molecule has 12 heteroatoms. The van der Waals surface area contributed by atoms with Gasteiger partial charge in [-0.05, 0) is 80.8 Å². The summed E-state index contributed by atoms with van der Waals surface area (Å²) in [6.07, 6.45) is -9.79. The number of alkyl halides is 6. The summed E-state index contributed by atoms with van der Waals surface area (Å²) in [5, 5.41) is 0. The predicted octanol–water partition coefficient (Wildman–Crippen LogP) is 5.50. The number of benzene rings is 2. The van der Waals surface area contributed by atoms with Crippen LogP contribution in [0.1, 0.15) is 54.0 Å². The van der Waals surface area contributed by atoms with Gasteiger partial charge >= 0.3 is 12.4 Å². The minimum absolute atomic E-state index is 0.0366. The average molecular weight is 562 g/mol. The third-order valence-electron chi connectivity index (χ3n) is 7.40. The number of hydrogen-bond donors (Lipinski definition) is 1. The first kappa shape index (κ1) is 30.4. The number of halogens is 7. The molecule has 0 bridgehead atoms. The molecule has 2 aromatic rings. The standard InChI is InChI=1S/C27H30F7N3O2/c1-15-9-19(28)5-6-20(15)22-14-37(25(2,3)24(35)39)8-7-21(22)23(38)36(4)13-16-10-17(26(29,30)31)12-18(11-16)27(32,33)34/h5-6,9-12,21-22H,7-8,13-14H2,1-4H3,(H2,35,39)/t21-,22+/m1/s1. The fraction of sp³-hybridized carbons (Fsp3) is 0.481. The van der Waals surface area contributed by atoms with E-state index in [2.05, 4.69) is 0 Å². The lowest BCUT2D eigenvalue weighted by atomic mass is 9.77. The Labute approximate surface area is 221 Å². The minimum atomic E-state index is -5.01. The first-order valence-corrected chi connectivity index (χ1v) is 12.2. The summed E-state index contributed by atoms with van der Waals surface area (Å²) >= 11 is 0. The Morgan fingerprint density at radius 3 is 2.05 bits per heavy atom. The zero-order valence-corrected chi connectivity index (χ0v) is 21.9. The monoisotopic (exact) mass is 561 g/mol. The fourth-order valence-corrected chi connectivity index (χ4v) is 5.03. The Hall–Kier alpha value is -3.15. The molecule has 2 atom stereocenters. The molecule has 2 N–H and O–H groups in total. The van der Waals surface area contributed by atoms with Crippen molar-refractivity contribution < 1.29 is 40.3 Å². The Bertz CT molecular complexity index is 1210. The van der Waals surface area contributed by atoms with E-state index >= 15 is 0 Å². The maximum Gasteiger partial charge on any atom is 0.416 e. The van der Waals surface area contributed by atoms with E-state index in [9.17, 15) is 40.3 Å². The van der Waals surface area contributed by atoms with Crippen molar-refractivity contribution in [3.63, 3.8) is 0 Å². The quantitative estimate of drug-likeness (QED) is 0.474. The number of amides is 2. The summed E-state index contributed by atoms with van der Waals surface area (Å²) in [6, 6.07) is 5.32. The second-order valence-corrected chi connectivity index (χ2v) is 10.5. The lowest BCUT2D eigenvalue weighted by Gasteiger charge is -2.45. The van der Waals surface area contributed by atoms with E-state index < -0.39 is 65.0 Å². The normalized spacial score (nSPS) is 19.2. The Morgan fingerprint density at radius 2 is 1.56 bits per heavy atom. The number of carbonyl (C=O) groups is 2. The van der Waals surface area contributed by atoms with E-state index in [1.54, 1.807) is 26.8 Å². The molecule has 1 heterocycles. The van der Waals surface area contributed by atoms with Gasteiger partial charge in [0.1, 0.15) is 5.82 Å². The third-order valence-corrected chi connectivity index (χ3v) is 7.40. The first-order chi connectivity index (χ1) is 17.8. The molecule has 2 aromatic carbocycles. The largest absolute Gasteiger partial charge is 0.416 e. The van der Waals surface area contributed by atoms with E-state index in [-0.39, 0.29) is 24.6 Å². The predicted molar refractivity (Wildman–Crippen MR) is 130 cm³/mol. The number of hydrogen-bond acceptors (Lipinski definition) is 3. The maximum atomic E-state index is 13.8. The SMILES string of the molecule is Cc1cc(F)ccc1[C@@H]1CN(C(C)(C)C(N)=O)CC[C@H]1C(=O)N(C)Cc1cc(C(F)(F)F)cc(C(F)(F)F)c1. The highest BCUT2D eigenvalue weighted by Crippen LogP contribution is 2.39. The van der Waals surface area contributed by atoms with Gasteiger partial charge in [-0.15, -0.1) is 0 Å². The van der Waals surface area contributed by atoms with Gasteiger partial charge in [0.25, 0.3) is 0 Å². The molecule has 1 aliphatic rings. The van der Waals surface area contributed by atoms with Crippen LogP contribution in [0.5, 0.6) is 0 Å². The van der Waals surface area contributed by atoms with Gasteiger partial charge in [0.2, 0.25) is 11.8 Å². The molecule has 2 amide bonds. The van der Waals surface area contributed by atoms with E-state index in [1.807, 2.05) is 4.90 Å². The summed E-state index contributed by atoms with van der Waals surface area (Å²) in [4.78, 5) is 28.6. The molecule has 5 nitrogen and oxygen atoms in total. The molecular formula is C27H30F7N3O2. The Morgan fingerprint density at radius 1 is 1.00 bits per heavy atom. The van der Waals surface area contributed by atoms with Crippen molar-refractivity contribution in [3.8, 4) is 0 Å². The number of nitrogens with zero attached hydrogens (tertiary/aromatic N) is 2. The van der Waals surface area contributed by atoms with Crippen LogP contribution in [0.15, 0.2) is 36.4 Å². The second kappa shape index (κ2) is 10.8. The lowest BCUT2D eigenvalue weighted by molar-refractivity contribution is -0.143. The number of rotatable bonds is 6. The van der Waals surface area contributed by atoms with Crippen LogP contribution < -0.4 is 5.73 Å². The van der Waals surface area contributed by atoms with Crippen LogP contribution in [-0.4, -0.2) is 47.3 Å². The highest BCUT2D eigenvalue weighted by molar-refractivity contribution is 5.84. The van der Waals surface area contributed by atoms with E-state index in [4.69, 9.17) is 5.73 Å². The minimum Gasteiger partial charge on any atom is -0.368 e. The zero-order chi connectivity index (χ0) is 29.5. The second-order valence-electron chi connectivity index (χ2n) is 10.5. The zero-order valence-electron chi connectivity index (χ0n) is 21.9. The van der Waals surface area contributed by atoms with Crippen LogP contribution in [0.2, 0.25) is 0 Å². The molecule has 39 heavy (non-hydrogen) atoms.